The number of nitriles is 1. The number of hydrogen-bond acceptors (Lipinski definition) is 4. The topological polar surface area (TPSA) is 61.4 Å². The van der Waals surface area contributed by atoms with Crippen molar-refractivity contribution < 1.29 is 4.79 Å². The van der Waals surface area contributed by atoms with Crippen LogP contribution >= 0.6 is 11.8 Å². The molecule has 1 aromatic carbocycles. The molecule has 2 saturated carbocycles. The van der Waals surface area contributed by atoms with Gasteiger partial charge >= 0.3 is 0 Å². The van der Waals surface area contributed by atoms with Crippen molar-refractivity contribution in [3.63, 3.8) is 0 Å². The molecule has 6 heteroatoms. The van der Waals surface area contributed by atoms with Gasteiger partial charge in [-0.1, -0.05) is 56.7 Å². The van der Waals surface area contributed by atoms with Gasteiger partial charge in [-0.25, -0.2) is 0 Å². The van der Waals surface area contributed by atoms with Crippen LogP contribution < -0.4 is 0 Å². The highest BCUT2D eigenvalue weighted by atomic mass is 32.2. The van der Waals surface area contributed by atoms with Crippen LogP contribution in [0.3, 0.4) is 0 Å². The summed E-state index contributed by atoms with van der Waals surface area (Å²) in [5, 5.41) is 11.2. The second kappa shape index (κ2) is 9.54. The van der Waals surface area contributed by atoms with Gasteiger partial charge in [0.05, 0.1) is 17.0 Å². The molecule has 0 spiro atoms. The van der Waals surface area contributed by atoms with E-state index in [9.17, 15) is 10.1 Å². The zero-order valence-corrected chi connectivity index (χ0v) is 19.3. The average Bonchev–Trinajstić information content (AvgIpc) is 3.33. The lowest BCUT2D eigenvalue weighted by atomic mass is 9.94. The summed E-state index contributed by atoms with van der Waals surface area (Å²) in [4.78, 5) is 21.5. The lowest BCUT2D eigenvalue weighted by Crippen LogP contribution is -2.41. The summed E-state index contributed by atoms with van der Waals surface area (Å²) in [6.07, 6.45) is 15.9. The van der Waals surface area contributed by atoms with Gasteiger partial charge < -0.3 is 4.57 Å². The van der Waals surface area contributed by atoms with Crippen LogP contribution in [0.4, 0.5) is 0 Å². The predicted octanol–water partition coefficient (Wildman–Crippen LogP) is 6.10. The standard InChI is InChI=1S/C26H30N4OS/c27-15-16-29-18-19(22-13-7-8-14-23(22)29)17-24-25(31)30(21-11-5-2-6-12-21)26(32-24)28-20-9-3-1-4-10-20/h7-8,13-14,17-18,20-21H,1-6,9-12,16H2/b24-17-,28-26?. The fourth-order valence-electron chi connectivity index (χ4n) is 5.34. The van der Waals surface area contributed by atoms with E-state index in [1.807, 2.05) is 39.9 Å². The molecule has 5 nitrogen and oxygen atoms in total. The summed E-state index contributed by atoms with van der Waals surface area (Å²) in [7, 11) is 0. The number of carbonyl (C=O) groups is 1. The Hall–Kier alpha value is -2.52. The molecular weight excluding hydrogens is 416 g/mol. The number of fused-ring (bicyclic) bond motifs is 1. The SMILES string of the molecule is N#CCn1cc(/C=C2\SC(=NC3CCCCC3)N(C3CCCCC3)C2=O)c2ccccc21. The molecule has 2 aliphatic carbocycles. The first-order valence-corrected chi connectivity index (χ1v) is 12.8. The van der Waals surface area contributed by atoms with Crippen molar-refractivity contribution in [1.82, 2.24) is 9.47 Å². The third kappa shape index (κ3) is 4.23. The number of aromatic nitrogens is 1. The molecule has 32 heavy (non-hydrogen) atoms. The molecule has 1 aromatic heterocycles. The minimum atomic E-state index is 0.105. The number of carbonyl (C=O) groups excluding carboxylic acids is 1. The Morgan fingerprint density at radius 3 is 2.53 bits per heavy atom. The van der Waals surface area contributed by atoms with Crippen LogP contribution in [0.5, 0.6) is 0 Å². The lowest BCUT2D eigenvalue weighted by Gasteiger charge is -2.31. The minimum Gasteiger partial charge on any atom is -0.333 e. The molecule has 166 valence electrons. The molecule has 0 radical (unpaired) electrons. The molecule has 0 unspecified atom stereocenters. The Morgan fingerprint density at radius 2 is 1.78 bits per heavy atom. The molecule has 1 amide bonds. The number of amides is 1. The third-order valence-electron chi connectivity index (χ3n) is 6.99. The maximum Gasteiger partial charge on any atom is 0.267 e. The summed E-state index contributed by atoms with van der Waals surface area (Å²) in [6, 6.07) is 11.0. The first-order valence-electron chi connectivity index (χ1n) is 12.0. The molecule has 3 aliphatic rings. The van der Waals surface area contributed by atoms with E-state index in [4.69, 9.17) is 4.99 Å². The van der Waals surface area contributed by atoms with E-state index >= 15 is 0 Å². The van der Waals surface area contributed by atoms with E-state index in [1.165, 1.54) is 38.5 Å². The van der Waals surface area contributed by atoms with E-state index < -0.39 is 0 Å². The molecule has 5 rings (SSSR count). The molecule has 2 heterocycles. The number of nitrogens with zero attached hydrogens (tertiary/aromatic N) is 4. The van der Waals surface area contributed by atoms with Crippen LogP contribution in [0.25, 0.3) is 17.0 Å². The van der Waals surface area contributed by atoms with Crippen molar-refractivity contribution in [2.24, 2.45) is 4.99 Å². The summed E-state index contributed by atoms with van der Waals surface area (Å²) < 4.78 is 1.96. The van der Waals surface area contributed by atoms with Crippen molar-refractivity contribution in [2.75, 3.05) is 0 Å². The van der Waals surface area contributed by atoms with Crippen molar-refractivity contribution in [2.45, 2.75) is 82.8 Å². The molecule has 0 N–H and O–H groups in total. The van der Waals surface area contributed by atoms with E-state index in [0.717, 1.165) is 52.2 Å². The van der Waals surface area contributed by atoms with Gasteiger partial charge in [0.2, 0.25) is 0 Å². The van der Waals surface area contributed by atoms with E-state index in [0.29, 0.717) is 12.6 Å². The maximum atomic E-state index is 13.6. The van der Waals surface area contributed by atoms with Crippen LogP contribution in [0, 0.1) is 11.3 Å². The zero-order valence-electron chi connectivity index (χ0n) is 18.5. The number of rotatable bonds is 4. The summed E-state index contributed by atoms with van der Waals surface area (Å²) >= 11 is 1.55. The fraction of sp³-hybridized carbons (Fsp3) is 0.500. The van der Waals surface area contributed by atoms with E-state index in [2.05, 4.69) is 12.1 Å². The fourth-order valence-corrected chi connectivity index (χ4v) is 6.44. The van der Waals surface area contributed by atoms with E-state index in [-0.39, 0.29) is 11.9 Å². The van der Waals surface area contributed by atoms with Gasteiger partial charge in [-0.15, -0.1) is 0 Å². The zero-order chi connectivity index (χ0) is 21.9. The largest absolute Gasteiger partial charge is 0.333 e. The summed E-state index contributed by atoms with van der Waals surface area (Å²) in [5.41, 5.74) is 2.02. The Balaban J connectivity index is 1.51. The number of amidine groups is 1. The Kier molecular flexibility index (Phi) is 6.36. The monoisotopic (exact) mass is 446 g/mol. The Morgan fingerprint density at radius 1 is 1.06 bits per heavy atom. The molecular formula is C26H30N4OS. The van der Waals surface area contributed by atoms with Gasteiger partial charge in [-0.2, -0.15) is 5.26 Å². The number of thioether (sulfide) groups is 1. The first-order chi connectivity index (χ1) is 15.7. The quantitative estimate of drug-likeness (QED) is 0.533. The van der Waals surface area contributed by atoms with Gasteiger partial charge in [0, 0.05) is 28.7 Å². The van der Waals surface area contributed by atoms with Gasteiger partial charge in [0.15, 0.2) is 5.17 Å². The van der Waals surface area contributed by atoms with Crippen molar-refractivity contribution >= 4 is 39.8 Å². The van der Waals surface area contributed by atoms with Crippen LogP contribution in [0.15, 0.2) is 40.4 Å². The van der Waals surface area contributed by atoms with Crippen LogP contribution in [-0.4, -0.2) is 32.6 Å². The summed E-state index contributed by atoms with van der Waals surface area (Å²) in [6.45, 7) is 0.299. The first kappa shape index (κ1) is 21.3. The van der Waals surface area contributed by atoms with Gasteiger partial charge in [-0.3, -0.25) is 14.7 Å². The molecule has 1 aliphatic heterocycles. The normalized spacial score (nSPS) is 23.5. The van der Waals surface area contributed by atoms with Crippen molar-refractivity contribution in [3.8, 4) is 6.07 Å². The highest BCUT2D eigenvalue weighted by Gasteiger charge is 2.39. The van der Waals surface area contributed by atoms with Crippen LogP contribution in [0.2, 0.25) is 0 Å². The lowest BCUT2D eigenvalue weighted by molar-refractivity contribution is -0.124. The third-order valence-corrected chi connectivity index (χ3v) is 7.99. The van der Waals surface area contributed by atoms with Gasteiger partial charge in [0.1, 0.15) is 6.54 Å². The highest BCUT2D eigenvalue weighted by molar-refractivity contribution is 8.18. The predicted molar refractivity (Wildman–Crippen MR) is 131 cm³/mol. The van der Waals surface area contributed by atoms with E-state index in [1.54, 1.807) is 11.8 Å². The number of benzene rings is 1. The van der Waals surface area contributed by atoms with Gasteiger partial charge in [0.25, 0.3) is 5.91 Å². The smallest absolute Gasteiger partial charge is 0.267 e. The molecule has 0 bridgehead atoms. The average molecular weight is 447 g/mol. The second-order valence-corrected chi connectivity index (χ2v) is 10.2. The van der Waals surface area contributed by atoms with Crippen LogP contribution in [-0.2, 0) is 11.3 Å². The summed E-state index contributed by atoms with van der Waals surface area (Å²) in [5.74, 6) is 0.105. The number of hydrogen-bond donors (Lipinski definition) is 0. The maximum absolute atomic E-state index is 13.6. The molecule has 3 fully saturated rings. The Labute approximate surface area is 194 Å². The Bertz CT molecular complexity index is 1100. The molecule has 0 atom stereocenters. The van der Waals surface area contributed by atoms with Crippen LogP contribution in [0.1, 0.15) is 69.8 Å². The van der Waals surface area contributed by atoms with Crippen molar-refractivity contribution in [3.05, 3.63) is 40.9 Å². The molecule has 2 aromatic rings. The second-order valence-electron chi connectivity index (χ2n) is 9.17. The highest BCUT2D eigenvalue weighted by Crippen LogP contribution is 2.39. The molecule has 1 saturated heterocycles. The van der Waals surface area contributed by atoms with Gasteiger partial charge in [-0.05, 0) is 49.6 Å². The number of para-hydroxylation sites is 1. The van der Waals surface area contributed by atoms with Crippen molar-refractivity contribution in [1.29, 1.82) is 5.26 Å². The number of aliphatic imine (C=N–C) groups is 1. The minimum absolute atomic E-state index is 0.105.